The van der Waals surface area contributed by atoms with Crippen molar-refractivity contribution in [2.45, 2.75) is 33.2 Å². The van der Waals surface area contributed by atoms with Crippen molar-refractivity contribution in [3.63, 3.8) is 0 Å². The Bertz CT molecular complexity index is 359. The third-order valence-electron chi connectivity index (χ3n) is 2.52. The van der Waals surface area contributed by atoms with Gasteiger partial charge in [0.1, 0.15) is 5.54 Å². The molecule has 0 spiro atoms. The molecule has 0 bridgehead atoms. The van der Waals surface area contributed by atoms with E-state index in [4.69, 9.17) is 6.42 Å². The first-order valence-corrected chi connectivity index (χ1v) is 4.37. The topological polar surface area (TPSA) is 37.4 Å². The Labute approximate surface area is 83.8 Å². The van der Waals surface area contributed by atoms with Crippen molar-refractivity contribution in [3.8, 4) is 12.3 Å². The van der Waals surface area contributed by atoms with E-state index in [1.807, 2.05) is 0 Å². The molecule has 0 unspecified atom stereocenters. The lowest BCUT2D eigenvalue weighted by molar-refractivity contribution is -0.141. The Hall–Kier alpha value is -1.56. The summed E-state index contributed by atoms with van der Waals surface area (Å²) in [5.74, 6) is 1.88. The molecule has 74 valence electrons. The molecule has 1 aliphatic rings. The molecule has 0 fully saturated rings. The van der Waals surface area contributed by atoms with Gasteiger partial charge in [-0.05, 0) is 27.7 Å². The highest BCUT2D eigenvalue weighted by atomic mass is 16.2. The van der Waals surface area contributed by atoms with E-state index in [9.17, 15) is 9.59 Å². The first kappa shape index (κ1) is 10.5. The van der Waals surface area contributed by atoms with E-state index in [0.717, 1.165) is 4.90 Å². The zero-order chi connectivity index (χ0) is 11.1. The van der Waals surface area contributed by atoms with Gasteiger partial charge in [-0.25, -0.2) is 0 Å². The molecule has 1 heterocycles. The predicted octanol–water partition coefficient (Wildman–Crippen LogP) is 1.10. The maximum absolute atomic E-state index is 11.7. The Morgan fingerprint density at radius 1 is 1.14 bits per heavy atom. The summed E-state index contributed by atoms with van der Waals surface area (Å²) in [6.45, 7) is 6.63. The minimum absolute atomic E-state index is 0.282. The number of imide groups is 1. The highest BCUT2D eigenvalue weighted by Gasteiger charge is 2.41. The molecular formula is C11H13NO2. The van der Waals surface area contributed by atoms with Crippen LogP contribution in [0.2, 0.25) is 0 Å². The molecule has 0 aromatic heterocycles. The number of carbonyl (C=O) groups excluding carboxylic acids is 2. The van der Waals surface area contributed by atoms with Gasteiger partial charge < -0.3 is 0 Å². The highest BCUT2D eigenvalue weighted by Crippen LogP contribution is 2.26. The van der Waals surface area contributed by atoms with Crippen LogP contribution in [0.4, 0.5) is 0 Å². The van der Waals surface area contributed by atoms with E-state index < -0.39 is 5.54 Å². The molecule has 0 aliphatic carbocycles. The Morgan fingerprint density at radius 2 is 1.50 bits per heavy atom. The van der Waals surface area contributed by atoms with Crippen LogP contribution in [0.25, 0.3) is 0 Å². The first-order valence-electron chi connectivity index (χ1n) is 4.37. The van der Waals surface area contributed by atoms with Crippen LogP contribution in [-0.4, -0.2) is 22.3 Å². The lowest BCUT2D eigenvalue weighted by atomic mass is 10.0. The number of amides is 2. The van der Waals surface area contributed by atoms with E-state index in [1.54, 1.807) is 27.7 Å². The summed E-state index contributed by atoms with van der Waals surface area (Å²) in [5, 5.41) is 0. The number of carbonyl (C=O) groups is 2. The van der Waals surface area contributed by atoms with Crippen LogP contribution < -0.4 is 0 Å². The van der Waals surface area contributed by atoms with Crippen molar-refractivity contribution >= 4 is 11.8 Å². The maximum atomic E-state index is 11.7. The maximum Gasteiger partial charge on any atom is 0.258 e. The molecule has 0 saturated heterocycles. The number of terminal acetylenes is 1. The van der Waals surface area contributed by atoms with E-state index >= 15 is 0 Å². The molecule has 0 saturated carbocycles. The summed E-state index contributed by atoms with van der Waals surface area (Å²) < 4.78 is 0. The van der Waals surface area contributed by atoms with Gasteiger partial charge >= 0.3 is 0 Å². The Kier molecular flexibility index (Phi) is 2.24. The normalized spacial score (nSPS) is 17.8. The molecule has 0 atom stereocenters. The summed E-state index contributed by atoms with van der Waals surface area (Å²) in [6, 6.07) is 0. The fourth-order valence-corrected chi connectivity index (χ4v) is 1.32. The second kappa shape index (κ2) is 2.98. The fraction of sp³-hybridized carbons (Fsp3) is 0.455. The summed E-state index contributed by atoms with van der Waals surface area (Å²) >= 11 is 0. The van der Waals surface area contributed by atoms with Crippen LogP contribution in [0.15, 0.2) is 11.1 Å². The molecule has 3 nitrogen and oxygen atoms in total. The predicted molar refractivity (Wildman–Crippen MR) is 53.1 cm³/mol. The van der Waals surface area contributed by atoms with Crippen molar-refractivity contribution in [2.24, 2.45) is 0 Å². The molecule has 1 rings (SSSR count). The average Bonchev–Trinajstić information content (AvgIpc) is 2.31. The number of rotatable bonds is 1. The van der Waals surface area contributed by atoms with Gasteiger partial charge in [-0.2, -0.15) is 0 Å². The van der Waals surface area contributed by atoms with Gasteiger partial charge in [0.05, 0.1) is 0 Å². The summed E-state index contributed by atoms with van der Waals surface area (Å²) in [4.78, 5) is 24.5. The van der Waals surface area contributed by atoms with E-state index in [2.05, 4.69) is 5.92 Å². The van der Waals surface area contributed by atoms with Crippen LogP contribution in [0.1, 0.15) is 27.7 Å². The SMILES string of the molecule is C#CC(C)(C)N1C(=O)C(C)=C(C)C1=O. The molecule has 2 amide bonds. The molecule has 0 aromatic carbocycles. The number of hydrogen-bond acceptors (Lipinski definition) is 2. The number of nitrogens with zero attached hydrogens (tertiary/aromatic N) is 1. The van der Waals surface area contributed by atoms with Crippen LogP contribution >= 0.6 is 0 Å². The molecule has 14 heavy (non-hydrogen) atoms. The van der Waals surface area contributed by atoms with Crippen molar-refractivity contribution in [1.82, 2.24) is 4.90 Å². The van der Waals surface area contributed by atoms with Gasteiger partial charge in [-0.3, -0.25) is 14.5 Å². The van der Waals surface area contributed by atoms with Gasteiger partial charge in [0.2, 0.25) is 0 Å². The molecule has 1 aliphatic heterocycles. The van der Waals surface area contributed by atoms with Gasteiger partial charge in [-0.1, -0.05) is 5.92 Å². The Morgan fingerprint density at radius 3 is 1.79 bits per heavy atom. The van der Waals surface area contributed by atoms with E-state index in [0.29, 0.717) is 11.1 Å². The average molecular weight is 191 g/mol. The highest BCUT2D eigenvalue weighted by molar-refractivity contribution is 6.19. The Balaban J connectivity index is 3.18. The van der Waals surface area contributed by atoms with Gasteiger partial charge in [0, 0.05) is 11.1 Å². The van der Waals surface area contributed by atoms with Crippen molar-refractivity contribution in [3.05, 3.63) is 11.1 Å². The second-order valence-corrected chi connectivity index (χ2v) is 3.90. The van der Waals surface area contributed by atoms with Gasteiger partial charge in [0.15, 0.2) is 0 Å². The lowest BCUT2D eigenvalue weighted by Crippen LogP contribution is -2.47. The molecule has 0 aromatic rings. The van der Waals surface area contributed by atoms with Crippen molar-refractivity contribution in [1.29, 1.82) is 0 Å². The smallest absolute Gasteiger partial charge is 0.258 e. The minimum Gasteiger partial charge on any atom is -0.269 e. The van der Waals surface area contributed by atoms with Crippen molar-refractivity contribution in [2.75, 3.05) is 0 Å². The van der Waals surface area contributed by atoms with Crippen molar-refractivity contribution < 1.29 is 9.59 Å². The monoisotopic (exact) mass is 191 g/mol. The molecular weight excluding hydrogens is 178 g/mol. The van der Waals surface area contributed by atoms with Crippen LogP contribution in [0.3, 0.4) is 0 Å². The van der Waals surface area contributed by atoms with E-state index in [-0.39, 0.29) is 11.8 Å². The summed E-state index contributed by atoms with van der Waals surface area (Å²) in [5.41, 5.74) is 0.115. The molecule has 3 heteroatoms. The van der Waals surface area contributed by atoms with Crippen LogP contribution in [0.5, 0.6) is 0 Å². The van der Waals surface area contributed by atoms with Crippen LogP contribution in [-0.2, 0) is 9.59 Å². The van der Waals surface area contributed by atoms with Gasteiger partial charge in [-0.15, -0.1) is 6.42 Å². The third kappa shape index (κ3) is 1.24. The third-order valence-corrected chi connectivity index (χ3v) is 2.52. The molecule has 0 N–H and O–H groups in total. The lowest BCUT2D eigenvalue weighted by Gasteiger charge is -2.29. The zero-order valence-corrected chi connectivity index (χ0v) is 8.84. The fourth-order valence-electron chi connectivity index (χ4n) is 1.32. The largest absolute Gasteiger partial charge is 0.269 e. The first-order chi connectivity index (χ1) is 6.33. The number of hydrogen-bond donors (Lipinski definition) is 0. The zero-order valence-electron chi connectivity index (χ0n) is 8.84. The second-order valence-electron chi connectivity index (χ2n) is 3.90. The van der Waals surface area contributed by atoms with Crippen LogP contribution in [0, 0.1) is 12.3 Å². The molecule has 0 radical (unpaired) electrons. The summed E-state index contributed by atoms with van der Waals surface area (Å²) in [7, 11) is 0. The summed E-state index contributed by atoms with van der Waals surface area (Å²) in [6.07, 6.45) is 5.29. The quantitative estimate of drug-likeness (QED) is 0.460. The minimum atomic E-state index is -0.854. The standard InChI is InChI=1S/C11H13NO2/c1-6-11(4,5)12-9(13)7(2)8(3)10(12)14/h1H,2-5H3. The van der Waals surface area contributed by atoms with E-state index in [1.165, 1.54) is 0 Å². The van der Waals surface area contributed by atoms with Gasteiger partial charge in [0.25, 0.3) is 11.8 Å².